The lowest BCUT2D eigenvalue weighted by atomic mass is 9.46. The summed E-state index contributed by atoms with van der Waals surface area (Å²) in [6.07, 6.45) is 20.0. The summed E-state index contributed by atoms with van der Waals surface area (Å²) in [6.45, 7) is 3.27. The third kappa shape index (κ3) is 2.23. The lowest BCUT2D eigenvalue weighted by Crippen LogP contribution is -2.55. The Kier molecular flexibility index (Phi) is 3.93. The molecule has 4 fully saturated rings. The van der Waals surface area contributed by atoms with E-state index in [1.54, 1.807) is 5.57 Å². The Morgan fingerprint density at radius 2 is 2.04 bits per heavy atom. The largest absolute Gasteiger partial charge is 0.411 e. The Balaban J connectivity index is 1.40. The fraction of sp³-hybridized carbons (Fsp3) is 0.800. The van der Waals surface area contributed by atoms with Crippen molar-refractivity contribution < 1.29 is 9.94 Å². The Labute approximate surface area is 169 Å². The summed E-state index contributed by atoms with van der Waals surface area (Å²) in [4.78, 5) is 0. The number of rotatable bonds is 2. The van der Waals surface area contributed by atoms with Gasteiger partial charge in [-0.15, -0.1) is 0 Å². The van der Waals surface area contributed by atoms with Crippen LogP contribution >= 0.6 is 0 Å². The standard InChI is InChI=1S/C25H35NO2/c1-2-24-11-8-20-19-7-6-18(26-27)14-17(19)15-21(16-4-5-16)23(20)22(24)9-12-25(24)10-3-13-28-25/h3,10,14,16,19-23,27H,2,4-9,11-13,15H2,1H3/t19-,20?,21?,22?,23?,24-,25-/m0/s1. The molecular weight excluding hydrogens is 346 g/mol. The topological polar surface area (TPSA) is 41.8 Å². The van der Waals surface area contributed by atoms with E-state index in [-0.39, 0.29) is 5.60 Å². The average molecular weight is 382 g/mol. The van der Waals surface area contributed by atoms with Crippen LogP contribution in [0.1, 0.15) is 71.1 Å². The van der Waals surface area contributed by atoms with Crippen LogP contribution in [0.15, 0.2) is 29.0 Å². The minimum atomic E-state index is 0.0465. The lowest BCUT2D eigenvalue weighted by Gasteiger charge is -2.59. The molecule has 0 amide bonds. The Morgan fingerprint density at radius 1 is 1.14 bits per heavy atom. The second-order valence-electron chi connectivity index (χ2n) is 10.7. The van der Waals surface area contributed by atoms with E-state index < -0.39 is 0 Å². The summed E-state index contributed by atoms with van der Waals surface area (Å²) in [7, 11) is 0. The Hall–Kier alpha value is -1.09. The van der Waals surface area contributed by atoms with Gasteiger partial charge >= 0.3 is 0 Å². The first-order valence-electron chi connectivity index (χ1n) is 11.9. The summed E-state index contributed by atoms with van der Waals surface area (Å²) in [5, 5.41) is 12.9. The first-order chi connectivity index (χ1) is 13.7. The minimum absolute atomic E-state index is 0.0465. The highest BCUT2D eigenvalue weighted by atomic mass is 16.5. The fourth-order valence-corrected chi connectivity index (χ4v) is 8.93. The molecule has 0 aromatic heterocycles. The molecule has 28 heavy (non-hydrogen) atoms. The van der Waals surface area contributed by atoms with Gasteiger partial charge in [-0.05, 0) is 106 Å². The van der Waals surface area contributed by atoms with Crippen molar-refractivity contribution in [3.8, 4) is 0 Å². The summed E-state index contributed by atoms with van der Waals surface area (Å²) >= 11 is 0. The van der Waals surface area contributed by atoms with Crippen molar-refractivity contribution in [1.29, 1.82) is 0 Å². The van der Waals surface area contributed by atoms with Gasteiger partial charge in [-0.1, -0.05) is 29.8 Å². The molecule has 1 N–H and O–H groups in total. The van der Waals surface area contributed by atoms with Crippen LogP contribution in [0.2, 0.25) is 0 Å². The number of hydrogen-bond donors (Lipinski definition) is 1. The van der Waals surface area contributed by atoms with Crippen molar-refractivity contribution in [3.63, 3.8) is 0 Å². The summed E-state index contributed by atoms with van der Waals surface area (Å²) in [5.74, 6) is 5.16. The van der Waals surface area contributed by atoms with E-state index in [9.17, 15) is 5.21 Å². The molecule has 1 spiro atoms. The average Bonchev–Trinajstić information content (AvgIpc) is 3.39. The first kappa shape index (κ1) is 17.7. The van der Waals surface area contributed by atoms with Gasteiger partial charge < -0.3 is 9.94 Å². The van der Waals surface area contributed by atoms with Gasteiger partial charge in [-0.25, -0.2) is 0 Å². The molecule has 4 saturated carbocycles. The van der Waals surface area contributed by atoms with E-state index >= 15 is 0 Å². The highest BCUT2D eigenvalue weighted by Crippen LogP contribution is 2.70. The van der Waals surface area contributed by atoms with Crippen LogP contribution in [-0.2, 0) is 4.74 Å². The predicted molar refractivity (Wildman–Crippen MR) is 110 cm³/mol. The van der Waals surface area contributed by atoms with Crippen molar-refractivity contribution in [3.05, 3.63) is 23.8 Å². The van der Waals surface area contributed by atoms with Gasteiger partial charge in [0, 0.05) is 5.41 Å². The maximum Gasteiger partial charge on any atom is 0.0926 e. The normalized spacial score (nSPS) is 51.1. The number of oxime groups is 1. The first-order valence-corrected chi connectivity index (χ1v) is 11.9. The van der Waals surface area contributed by atoms with Crippen molar-refractivity contribution in [2.45, 2.75) is 76.7 Å². The SMILES string of the molecule is CC[C@]12CCC3C(C(C4CC4)CC4=CC(=NO)CC[C@@H]43)C1CC[C@@]21C=CCO1. The zero-order chi connectivity index (χ0) is 18.9. The van der Waals surface area contributed by atoms with E-state index in [2.05, 4.69) is 30.3 Å². The van der Waals surface area contributed by atoms with Crippen molar-refractivity contribution in [2.75, 3.05) is 6.61 Å². The van der Waals surface area contributed by atoms with E-state index in [0.717, 1.165) is 54.2 Å². The van der Waals surface area contributed by atoms with Crippen LogP contribution < -0.4 is 0 Å². The van der Waals surface area contributed by atoms with Crippen LogP contribution in [0.4, 0.5) is 0 Å². The molecule has 1 aliphatic heterocycles. The van der Waals surface area contributed by atoms with Crippen LogP contribution in [0, 0.1) is 40.9 Å². The molecule has 6 aliphatic rings. The second kappa shape index (κ2) is 6.20. The highest BCUT2D eigenvalue weighted by molar-refractivity contribution is 5.96. The van der Waals surface area contributed by atoms with Gasteiger partial charge in [-0.3, -0.25) is 0 Å². The Bertz CT molecular complexity index is 750. The molecule has 3 heteroatoms. The molecule has 1 heterocycles. The maximum atomic E-state index is 9.33. The van der Waals surface area contributed by atoms with Gasteiger partial charge in [0.1, 0.15) is 0 Å². The fourth-order valence-electron chi connectivity index (χ4n) is 8.93. The molecule has 0 bridgehead atoms. The smallest absolute Gasteiger partial charge is 0.0926 e. The number of ether oxygens (including phenoxy) is 1. The summed E-state index contributed by atoms with van der Waals surface area (Å²) in [6, 6.07) is 0. The number of hydrogen-bond acceptors (Lipinski definition) is 3. The van der Waals surface area contributed by atoms with Crippen LogP contribution in [0.25, 0.3) is 0 Å². The van der Waals surface area contributed by atoms with Crippen LogP contribution in [0.5, 0.6) is 0 Å². The Morgan fingerprint density at radius 3 is 2.75 bits per heavy atom. The monoisotopic (exact) mass is 381 g/mol. The summed E-state index contributed by atoms with van der Waals surface area (Å²) in [5.41, 5.74) is 2.97. The van der Waals surface area contributed by atoms with Gasteiger partial charge in [0.2, 0.25) is 0 Å². The molecule has 0 saturated heterocycles. The lowest BCUT2D eigenvalue weighted by molar-refractivity contribution is -0.134. The van der Waals surface area contributed by atoms with E-state index in [0.29, 0.717) is 5.41 Å². The second-order valence-corrected chi connectivity index (χ2v) is 10.7. The predicted octanol–water partition coefficient (Wildman–Crippen LogP) is 5.74. The quantitative estimate of drug-likeness (QED) is 0.376. The zero-order valence-electron chi connectivity index (χ0n) is 17.3. The molecule has 152 valence electrons. The molecule has 0 aromatic carbocycles. The van der Waals surface area contributed by atoms with Gasteiger partial charge in [0.25, 0.3) is 0 Å². The van der Waals surface area contributed by atoms with E-state index in [1.165, 1.54) is 57.8 Å². The minimum Gasteiger partial charge on any atom is -0.411 e. The van der Waals surface area contributed by atoms with Crippen molar-refractivity contribution in [1.82, 2.24) is 0 Å². The molecule has 6 rings (SSSR count). The molecule has 7 atom stereocenters. The van der Waals surface area contributed by atoms with Crippen molar-refractivity contribution in [2.24, 2.45) is 46.1 Å². The zero-order valence-corrected chi connectivity index (χ0v) is 17.3. The van der Waals surface area contributed by atoms with E-state index in [1.807, 2.05) is 0 Å². The van der Waals surface area contributed by atoms with E-state index in [4.69, 9.17) is 4.74 Å². The molecule has 4 unspecified atom stereocenters. The third-order valence-electron chi connectivity index (χ3n) is 10.1. The maximum absolute atomic E-state index is 9.33. The third-order valence-corrected chi connectivity index (χ3v) is 10.1. The van der Waals surface area contributed by atoms with Crippen LogP contribution in [0.3, 0.4) is 0 Å². The molecule has 3 nitrogen and oxygen atoms in total. The number of allylic oxidation sites excluding steroid dienone is 2. The highest BCUT2D eigenvalue weighted by Gasteiger charge is 2.66. The summed E-state index contributed by atoms with van der Waals surface area (Å²) < 4.78 is 6.53. The molecule has 0 aromatic rings. The molecule has 5 aliphatic carbocycles. The molecular formula is C25H35NO2. The van der Waals surface area contributed by atoms with Gasteiger partial charge in [0.05, 0.1) is 17.9 Å². The number of nitrogens with zero attached hydrogens (tertiary/aromatic N) is 1. The van der Waals surface area contributed by atoms with Gasteiger partial charge in [0.15, 0.2) is 0 Å². The number of fused-ring (bicyclic) bond motifs is 6. The molecule has 0 radical (unpaired) electrons. The van der Waals surface area contributed by atoms with Gasteiger partial charge in [-0.2, -0.15) is 0 Å². The van der Waals surface area contributed by atoms with Crippen molar-refractivity contribution >= 4 is 5.71 Å². The van der Waals surface area contributed by atoms with Crippen LogP contribution in [-0.4, -0.2) is 23.1 Å².